The summed E-state index contributed by atoms with van der Waals surface area (Å²) in [6.45, 7) is 4.97. The Hall–Kier alpha value is -0.120. The van der Waals surface area contributed by atoms with Crippen molar-refractivity contribution in [2.75, 3.05) is 20.8 Å². The molecule has 0 rings (SSSR count). The highest BCUT2D eigenvalue weighted by atomic mass is 16.6. The van der Waals surface area contributed by atoms with Gasteiger partial charge in [0.2, 0.25) is 0 Å². The molecule has 1 unspecified atom stereocenters. The quantitative estimate of drug-likeness (QED) is 0.584. The lowest BCUT2D eigenvalue weighted by Crippen LogP contribution is -2.31. The molecule has 0 spiro atoms. The van der Waals surface area contributed by atoms with Crippen molar-refractivity contribution < 1.29 is 9.57 Å². The van der Waals surface area contributed by atoms with E-state index in [0.717, 1.165) is 6.54 Å². The second-order valence-corrected chi connectivity index (χ2v) is 2.57. The van der Waals surface area contributed by atoms with Crippen LogP contribution in [0.5, 0.6) is 0 Å². The molecule has 0 saturated carbocycles. The van der Waals surface area contributed by atoms with E-state index in [2.05, 4.69) is 19.3 Å². The van der Waals surface area contributed by atoms with Crippen molar-refractivity contribution >= 4 is 0 Å². The second kappa shape index (κ2) is 5.65. The van der Waals surface area contributed by atoms with E-state index in [0.29, 0.717) is 5.92 Å². The summed E-state index contributed by atoms with van der Waals surface area (Å²) in [4.78, 5) is 4.69. The normalized spacial score (nSPS) is 14.1. The molecule has 0 aliphatic rings. The van der Waals surface area contributed by atoms with Crippen LogP contribution in [0.3, 0.4) is 0 Å². The summed E-state index contributed by atoms with van der Waals surface area (Å²) in [5.41, 5.74) is 2.76. The monoisotopic (exact) mass is 147 g/mol. The van der Waals surface area contributed by atoms with Crippen LogP contribution in [-0.4, -0.2) is 26.9 Å². The van der Waals surface area contributed by atoms with E-state index in [9.17, 15) is 0 Å². The number of methoxy groups -OCH3 is 1. The van der Waals surface area contributed by atoms with Gasteiger partial charge in [0.1, 0.15) is 0 Å². The number of nitrogens with one attached hydrogen (secondary N) is 1. The van der Waals surface area contributed by atoms with Crippen molar-refractivity contribution in [2.24, 2.45) is 5.92 Å². The zero-order valence-corrected chi connectivity index (χ0v) is 7.18. The fourth-order valence-corrected chi connectivity index (χ4v) is 0.757. The molecule has 0 heterocycles. The largest absolute Gasteiger partial charge is 0.380 e. The molecular weight excluding hydrogens is 130 g/mol. The first kappa shape index (κ1) is 9.88. The number of hydrogen-bond acceptors (Lipinski definition) is 3. The Kier molecular flexibility index (Phi) is 5.58. The van der Waals surface area contributed by atoms with Gasteiger partial charge in [-0.15, -0.1) is 0 Å². The summed E-state index contributed by atoms with van der Waals surface area (Å²) in [6, 6.07) is 0. The van der Waals surface area contributed by atoms with Crippen LogP contribution in [0.2, 0.25) is 0 Å². The topological polar surface area (TPSA) is 30.5 Å². The van der Waals surface area contributed by atoms with Crippen LogP contribution < -0.4 is 5.48 Å². The smallest absolute Gasteiger partial charge is 0.0741 e. The maximum atomic E-state index is 5.17. The van der Waals surface area contributed by atoms with Gasteiger partial charge >= 0.3 is 0 Å². The lowest BCUT2D eigenvalue weighted by Gasteiger charge is -2.18. The number of hydroxylamine groups is 1. The van der Waals surface area contributed by atoms with Gasteiger partial charge < -0.3 is 9.57 Å². The van der Waals surface area contributed by atoms with Crippen LogP contribution in [0.1, 0.15) is 13.8 Å². The standard InChI is InChI=1S/C7H17NO2/c1-6(2)7(9-3)5-8-10-4/h6-8H,5H2,1-4H3. The Morgan fingerprint density at radius 2 is 1.90 bits per heavy atom. The average Bonchev–Trinajstić information content (AvgIpc) is 1.89. The SMILES string of the molecule is CONCC(OC)C(C)C. The Morgan fingerprint density at radius 3 is 2.20 bits per heavy atom. The first-order valence-electron chi connectivity index (χ1n) is 3.51. The fourth-order valence-electron chi connectivity index (χ4n) is 0.757. The van der Waals surface area contributed by atoms with E-state index in [1.165, 1.54) is 0 Å². The van der Waals surface area contributed by atoms with Gasteiger partial charge in [-0.05, 0) is 5.92 Å². The highest BCUT2D eigenvalue weighted by Gasteiger charge is 2.10. The van der Waals surface area contributed by atoms with Crippen LogP contribution in [0.4, 0.5) is 0 Å². The maximum Gasteiger partial charge on any atom is 0.0741 e. The Morgan fingerprint density at radius 1 is 1.30 bits per heavy atom. The molecule has 1 N–H and O–H groups in total. The highest BCUT2D eigenvalue weighted by molar-refractivity contribution is 4.61. The molecule has 0 saturated heterocycles. The molecule has 0 aromatic rings. The van der Waals surface area contributed by atoms with E-state index < -0.39 is 0 Å². The molecule has 0 aliphatic heterocycles. The van der Waals surface area contributed by atoms with Gasteiger partial charge in [-0.3, -0.25) is 0 Å². The lowest BCUT2D eigenvalue weighted by molar-refractivity contribution is 0.00966. The summed E-state index contributed by atoms with van der Waals surface area (Å²) < 4.78 is 5.17. The molecular formula is C7H17NO2. The number of hydrogen-bond donors (Lipinski definition) is 1. The highest BCUT2D eigenvalue weighted by Crippen LogP contribution is 2.03. The molecule has 0 aliphatic carbocycles. The van der Waals surface area contributed by atoms with Gasteiger partial charge in [0.25, 0.3) is 0 Å². The summed E-state index contributed by atoms with van der Waals surface area (Å²) >= 11 is 0. The predicted molar refractivity (Wildman–Crippen MR) is 40.6 cm³/mol. The van der Waals surface area contributed by atoms with Crippen molar-refractivity contribution in [3.05, 3.63) is 0 Å². The lowest BCUT2D eigenvalue weighted by atomic mass is 10.1. The van der Waals surface area contributed by atoms with E-state index in [1.54, 1.807) is 14.2 Å². The molecule has 0 amide bonds. The van der Waals surface area contributed by atoms with Gasteiger partial charge in [0.05, 0.1) is 13.2 Å². The third-order valence-corrected chi connectivity index (χ3v) is 1.48. The van der Waals surface area contributed by atoms with Crippen LogP contribution >= 0.6 is 0 Å². The molecule has 0 radical (unpaired) electrons. The molecule has 3 nitrogen and oxygen atoms in total. The number of rotatable bonds is 5. The van der Waals surface area contributed by atoms with Crippen LogP contribution in [0, 0.1) is 5.92 Å². The van der Waals surface area contributed by atoms with Crippen molar-refractivity contribution in [3.63, 3.8) is 0 Å². The van der Waals surface area contributed by atoms with Crippen LogP contribution in [0.15, 0.2) is 0 Å². The van der Waals surface area contributed by atoms with E-state index in [-0.39, 0.29) is 6.10 Å². The molecule has 0 aromatic carbocycles. The third-order valence-electron chi connectivity index (χ3n) is 1.48. The minimum atomic E-state index is 0.236. The first-order chi connectivity index (χ1) is 4.72. The Balaban J connectivity index is 3.40. The molecule has 1 atom stereocenters. The maximum absolute atomic E-state index is 5.17. The Bertz CT molecular complexity index is 76.0. The van der Waals surface area contributed by atoms with Crippen LogP contribution in [-0.2, 0) is 9.57 Å². The van der Waals surface area contributed by atoms with E-state index in [1.807, 2.05) is 0 Å². The first-order valence-corrected chi connectivity index (χ1v) is 3.51. The fraction of sp³-hybridized carbons (Fsp3) is 1.00. The molecule has 0 fully saturated rings. The second-order valence-electron chi connectivity index (χ2n) is 2.57. The van der Waals surface area contributed by atoms with Gasteiger partial charge in [0, 0.05) is 13.7 Å². The third kappa shape index (κ3) is 3.82. The predicted octanol–water partition coefficient (Wildman–Crippen LogP) is 0.808. The minimum absolute atomic E-state index is 0.236. The van der Waals surface area contributed by atoms with Gasteiger partial charge in [-0.2, -0.15) is 0 Å². The zero-order valence-electron chi connectivity index (χ0n) is 7.18. The molecule has 62 valence electrons. The van der Waals surface area contributed by atoms with Gasteiger partial charge in [-0.1, -0.05) is 13.8 Å². The molecule has 0 aromatic heterocycles. The summed E-state index contributed by atoms with van der Waals surface area (Å²) in [7, 11) is 3.31. The van der Waals surface area contributed by atoms with Crippen molar-refractivity contribution in [1.82, 2.24) is 5.48 Å². The van der Waals surface area contributed by atoms with Crippen molar-refractivity contribution in [1.29, 1.82) is 0 Å². The molecule has 10 heavy (non-hydrogen) atoms. The Labute approximate surface area is 62.7 Å². The summed E-state index contributed by atoms with van der Waals surface area (Å²) in [6.07, 6.45) is 0.236. The van der Waals surface area contributed by atoms with Crippen molar-refractivity contribution in [2.45, 2.75) is 20.0 Å². The summed E-state index contributed by atoms with van der Waals surface area (Å²) in [5.74, 6) is 0.521. The molecule has 3 heteroatoms. The zero-order chi connectivity index (χ0) is 7.98. The van der Waals surface area contributed by atoms with Crippen LogP contribution in [0.25, 0.3) is 0 Å². The van der Waals surface area contributed by atoms with E-state index in [4.69, 9.17) is 9.57 Å². The minimum Gasteiger partial charge on any atom is -0.380 e. The summed E-state index contributed by atoms with van der Waals surface area (Å²) in [5, 5.41) is 0. The molecule has 0 bridgehead atoms. The van der Waals surface area contributed by atoms with Crippen molar-refractivity contribution in [3.8, 4) is 0 Å². The van der Waals surface area contributed by atoms with Gasteiger partial charge in [-0.25, -0.2) is 5.48 Å². The number of ether oxygens (including phenoxy) is 1. The van der Waals surface area contributed by atoms with E-state index >= 15 is 0 Å². The van der Waals surface area contributed by atoms with Gasteiger partial charge in [0.15, 0.2) is 0 Å². The average molecular weight is 147 g/mol.